The van der Waals surface area contributed by atoms with Crippen LogP contribution in [0.5, 0.6) is 5.75 Å². The van der Waals surface area contributed by atoms with E-state index in [0.717, 1.165) is 11.1 Å². The minimum absolute atomic E-state index is 0.0598. The van der Waals surface area contributed by atoms with Crippen LogP contribution in [-0.2, 0) is 0 Å². The van der Waals surface area contributed by atoms with Gasteiger partial charge in [0.15, 0.2) is 0 Å². The normalized spacial score (nSPS) is 12.3. The number of aliphatic hydroxyl groups is 1. The molecule has 1 aromatic heterocycles. The summed E-state index contributed by atoms with van der Waals surface area (Å²) in [6.07, 6.45) is 1.18. The molecule has 1 unspecified atom stereocenters. The van der Waals surface area contributed by atoms with Gasteiger partial charge in [-0.25, -0.2) is 4.79 Å². The average Bonchev–Trinajstić information content (AvgIpc) is 2.97. The van der Waals surface area contributed by atoms with Crippen LogP contribution in [0.2, 0.25) is 5.02 Å². The van der Waals surface area contributed by atoms with Gasteiger partial charge in [-0.05, 0) is 36.8 Å². The first-order valence-electron chi connectivity index (χ1n) is 7.41. The first-order valence-corrected chi connectivity index (χ1v) is 7.79. The lowest BCUT2D eigenvalue weighted by Gasteiger charge is -2.12. The lowest BCUT2D eigenvalue weighted by atomic mass is 10.0. The summed E-state index contributed by atoms with van der Waals surface area (Å²) in [6.45, 7) is 1.72. The Hall–Kier alpha value is -2.50. The monoisotopic (exact) mass is 345 g/mol. The highest BCUT2D eigenvalue weighted by Crippen LogP contribution is 2.34. The van der Waals surface area contributed by atoms with E-state index in [4.69, 9.17) is 21.4 Å². The fourth-order valence-corrected chi connectivity index (χ4v) is 2.80. The van der Waals surface area contributed by atoms with Crippen LogP contribution in [0.1, 0.15) is 17.3 Å². The van der Waals surface area contributed by atoms with Crippen molar-refractivity contribution >= 4 is 28.5 Å². The number of hydrogen-bond donors (Lipinski definition) is 3. The summed E-state index contributed by atoms with van der Waals surface area (Å²) < 4.78 is 5.53. The molecule has 2 aromatic carbocycles. The van der Waals surface area contributed by atoms with Crippen molar-refractivity contribution in [3.63, 3.8) is 0 Å². The molecular formula is C18H16ClNO4. The van der Waals surface area contributed by atoms with Crippen molar-refractivity contribution in [2.24, 2.45) is 0 Å². The molecule has 0 radical (unpaired) electrons. The Balaban J connectivity index is 2.00. The zero-order valence-electron chi connectivity index (χ0n) is 12.9. The summed E-state index contributed by atoms with van der Waals surface area (Å²) >= 11 is 6.34. The lowest BCUT2D eigenvalue weighted by molar-refractivity contribution is 0.0699. The molecule has 3 rings (SSSR count). The molecule has 0 saturated heterocycles. The standard InChI is InChI=1S/C18H16ClNO4/c1-10(9-21)24-12-4-2-11(3-5-12)13-6-14-15(18(22)23)8-20-17(14)7-16(13)19/h2-8,10,20-21H,9H2,1H3,(H,22,23). The molecule has 24 heavy (non-hydrogen) atoms. The highest BCUT2D eigenvalue weighted by atomic mass is 35.5. The molecule has 1 atom stereocenters. The fraction of sp³-hybridized carbons (Fsp3) is 0.167. The highest BCUT2D eigenvalue weighted by Gasteiger charge is 2.14. The van der Waals surface area contributed by atoms with Crippen LogP contribution in [-0.4, -0.2) is 33.9 Å². The number of halogens is 1. The molecular weight excluding hydrogens is 330 g/mol. The van der Waals surface area contributed by atoms with Crippen molar-refractivity contribution in [1.82, 2.24) is 4.98 Å². The maximum absolute atomic E-state index is 11.3. The van der Waals surface area contributed by atoms with E-state index < -0.39 is 5.97 Å². The number of aromatic carboxylic acids is 1. The van der Waals surface area contributed by atoms with E-state index in [1.807, 2.05) is 12.1 Å². The number of carboxylic acids is 1. The van der Waals surface area contributed by atoms with Crippen molar-refractivity contribution in [2.75, 3.05) is 6.61 Å². The number of ether oxygens (including phenoxy) is 1. The molecule has 1 heterocycles. The smallest absolute Gasteiger partial charge is 0.337 e. The number of carboxylic acid groups (broad SMARTS) is 1. The Morgan fingerprint density at radius 2 is 2.00 bits per heavy atom. The zero-order valence-corrected chi connectivity index (χ0v) is 13.7. The summed E-state index contributed by atoms with van der Waals surface area (Å²) in [4.78, 5) is 14.2. The van der Waals surface area contributed by atoms with Gasteiger partial charge in [0.2, 0.25) is 0 Å². The number of nitrogens with one attached hydrogen (secondary N) is 1. The largest absolute Gasteiger partial charge is 0.488 e. The first-order chi connectivity index (χ1) is 11.5. The van der Waals surface area contributed by atoms with Gasteiger partial charge in [-0.15, -0.1) is 0 Å². The maximum atomic E-state index is 11.3. The molecule has 3 N–H and O–H groups in total. The maximum Gasteiger partial charge on any atom is 0.337 e. The second kappa shape index (κ2) is 6.55. The van der Waals surface area contributed by atoms with E-state index in [1.54, 1.807) is 31.2 Å². The minimum atomic E-state index is -0.990. The Morgan fingerprint density at radius 1 is 1.29 bits per heavy atom. The Morgan fingerprint density at radius 3 is 2.62 bits per heavy atom. The van der Waals surface area contributed by atoms with Gasteiger partial charge in [0.1, 0.15) is 11.9 Å². The van der Waals surface area contributed by atoms with Crippen LogP contribution >= 0.6 is 11.6 Å². The van der Waals surface area contributed by atoms with Gasteiger partial charge in [0.25, 0.3) is 0 Å². The van der Waals surface area contributed by atoms with Crippen LogP contribution in [0.25, 0.3) is 22.0 Å². The van der Waals surface area contributed by atoms with Crippen LogP contribution in [0.3, 0.4) is 0 Å². The Kier molecular flexibility index (Phi) is 4.46. The number of rotatable bonds is 5. The minimum Gasteiger partial charge on any atom is -0.488 e. The summed E-state index contributed by atoms with van der Waals surface area (Å²) in [5, 5.41) is 19.4. The molecule has 3 aromatic rings. The fourth-order valence-electron chi connectivity index (χ4n) is 2.52. The molecule has 0 bridgehead atoms. The van der Waals surface area contributed by atoms with Crippen molar-refractivity contribution in [1.29, 1.82) is 0 Å². The van der Waals surface area contributed by atoms with E-state index in [-0.39, 0.29) is 18.3 Å². The lowest BCUT2D eigenvalue weighted by Crippen LogP contribution is -2.15. The van der Waals surface area contributed by atoms with Gasteiger partial charge in [-0.2, -0.15) is 0 Å². The van der Waals surface area contributed by atoms with Crippen LogP contribution in [0, 0.1) is 0 Å². The SMILES string of the molecule is CC(CO)Oc1ccc(-c2cc3c(C(=O)O)c[nH]c3cc2Cl)cc1. The molecule has 6 heteroatoms. The van der Waals surface area contributed by atoms with E-state index in [1.165, 1.54) is 6.20 Å². The summed E-state index contributed by atoms with van der Waals surface area (Å²) in [7, 11) is 0. The van der Waals surface area contributed by atoms with Crippen LogP contribution < -0.4 is 4.74 Å². The van der Waals surface area contributed by atoms with Crippen molar-refractivity contribution in [3.8, 4) is 16.9 Å². The molecule has 0 fully saturated rings. The topological polar surface area (TPSA) is 82.6 Å². The van der Waals surface area contributed by atoms with Gasteiger partial charge >= 0.3 is 5.97 Å². The van der Waals surface area contributed by atoms with E-state index >= 15 is 0 Å². The Labute approximate surface area is 143 Å². The number of H-pyrrole nitrogens is 1. The number of fused-ring (bicyclic) bond motifs is 1. The number of aliphatic hydroxyl groups excluding tert-OH is 1. The van der Waals surface area contributed by atoms with E-state index in [2.05, 4.69) is 4.98 Å². The van der Waals surface area contributed by atoms with Gasteiger partial charge < -0.3 is 19.9 Å². The second-order valence-corrected chi connectivity index (χ2v) is 5.93. The van der Waals surface area contributed by atoms with E-state index in [0.29, 0.717) is 21.7 Å². The molecule has 0 amide bonds. The second-order valence-electron chi connectivity index (χ2n) is 5.52. The molecule has 0 saturated carbocycles. The van der Waals surface area contributed by atoms with Gasteiger partial charge in [-0.1, -0.05) is 23.7 Å². The molecule has 0 aliphatic carbocycles. The molecule has 0 aliphatic rings. The number of aromatic amines is 1. The summed E-state index contributed by atoms with van der Waals surface area (Å²) in [5.74, 6) is -0.346. The zero-order chi connectivity index (χ0) is 17.3. The number of carbonyl (C=O) groups is 1. The quantitative estimate of drug-likeness (QED) is 0.654. The first kappa shape index (κ1) is 16.4. The summed E-state index contributed by atoms with van der Waals surface area (Å²) in [6, 6.07) is 10.8. The van der Waals surface area contributed by atoms with Gasteiger partial charge in [0.05, 0.1) is 17.2 Å². The average molecular weight is 346 g/mol. The molecule has 5 nitrogen and oxygen atoms in total. The van der Waals surface area contributed by atoms with Crippen molar-refractivity contribution in [3.05, 3.63) is 53.2 Å². The van der Waals surface area contributed by atoms with Crippen molar-refractivity contribution < 1.29 is 19.7 Å². The third-order valence-electron chi connectivity index (χ3n) is 3.76. The van der Waals surface area contributed by atoms with Crippen LogP contribution in [0.15, 0.2) is 42.6 Å². The Bertz CT molecular complexity index is 886. The number of aromatic nitrogens is 1. The predicted octanol–water partition coefficient (Wildman–Crippen LogP) is 3.95. The molecule has 0 spiro atoms. The molecule has 0 aliphatic heterocycles. The highest BCUT2D eigenvalue weighted by molar-refractivity contribution is 6.34. The predicted molar refractivity (Wildman–Crippen MR) is 92.9 cm³/mol. The number of hydrogen-bond acceptors (Lipinski definition) is 3. The third-order valence-corrected chi connectivity index (χ3v) is 4.07. The van der Waals surface area contributed by atoms with Gasteiger partial charge in [-0.3, -0.25) is 0 Å². The summed E-state index contributed by atoms with van der Waals surface area (Å²) in [5.41, 5.74) is 2.48. The third kappa shape index (κ3) is 3.09. The van der Waals surface area contributed by atoms with Gasteiger partial charge in [0, 0.05) is 22.7 Å². The number of benzene rings is 2. The molecule has 124 valence electrons. The van der Waals surface area contributed by atoms with E-state index in [9.17, 15) is 9.90 Å². The van der Waals surface area contributed by atoms with Crippen LogP contribution in [0.4, 0.5) is 0 Å². The van der Waals surface area contributed by atoms with Crippen molar-refractivity contribution in [2.45, 2.75) is 13.0 Å².